The van der Waals surface area contributed by atoms with Gasteiger partial charge in [0.25, 0.3) is 0 Å². The number of rotatable bonds is 7. The summed E-state index contributed by atoms with van der Waals surface area (Å²) >= 11 is 0. The fraction of sp³-hybridized carbons (Fsp3) is 1.00. The minimum atomic E-state index is 0.565. The molecule has 0 bridgehead atoms. The minimum absolute atomic E-state index is 0.565. The summed E-state index contributed by atoms with van der Waals surface area (Å²) in [5.41, 5.74) is 0. The molecule has 0 radical (unpaired) electrons. The zero-order valence-corrected chi connectivity index (χ0v) is 18.3. The Labute approximate surface area is 159 Å². The zero-order valence-electron chi connectivity index (χ0n) is 18.3. The van der Waals surface area contributed by atoms with Crippen LogP contribution < -0.4 is 0 Å². The predicted octanol–water partition coefficient (Wildman–Crippen LogP) is 7.26. The summed E-state index contributed by atoms with van der Waals surface area (Å²) in [5.74, 6) is 2.95. The lowest BCUT2D eigenvalue weighted by atomic mass is 9.80. The van der Waals surface area contributed by atoms with E-state index in [1.54, 1.807) is 0 Å². The first-order chi connectivity index (χ1) is 12.1. The molecular weight excluding hydrogens is 308 g/mol. The topological polar surface area (TPSA) is 18.5 Å². The van der Waals surface area contributed by atoms with Gasteiger partial charge in [0.1, 0.15) is 0 Å². The van der Waals surface area contributed by atoms with Gasteiger partial charge in [-0.2, -0.15) is 0 Å². The van der Waals surface area contributed by atoms with Crippen LogP contribution in [0.2, 0.25) is 0 Å². The highest BCUT2D eigenvalue weighted by molar-refractivity contribution is 4.70. The van der Waals surface area contributed by atoms with Crippen LogP contribution in [0.25, 0.3) is 0 Å². The van der Waals surface area contributed by atoms with Gasteiger partial charge in [-0.05, 0) is 43.4 Å². The van der Waals surface area contributed by atoms with Gasteiger partial charge in [-0.15, -0.1) is 0 Å². The molecule has 1 saturated carbocycles. The molecule has 0 unspecified atom stereocenters. The molecule has 0 aromatic carbocycles. The average Bonchev–Trinajstić information content (AvgIpc) is 3.08. The molecule has 2 atom stereocenters. The molecule has 152 valence electrons. The van der Waals surface area contributed by atoms with Crippen LogP contribution in [-0.4, -0.2) is 25.9 Å². The molecule has 2 rings (SSSR count). The van der Waals surface area contributed by atoms with Crippen molar-refractivity contribution in [1.29, 1.82) is 0 Å². The first-order valence-corrected chi connectivity index (χ1v) is 11.3. The molecular formula is C23H48O2. The summed E-state index contributed by atoms with van der Waals surface area (Å²) in [6.45, 7) is 16.2. The Balaban J connectivity index is 0.000000353. The van der Waals surface area contributed by atoms with Crippen molar-refractivity contribution in [3.63, 3.8) is 0 Å². The molecule has 1 aliphatic heterocycles. The second-order valence-electron chi connectivity index (χ2n) is 7.90. The quantitative estimate of drug-likeness (QED) is 0.447. The lowest BCUT2D eigenvalue weighted by Gasteiger charge is -2.26. The Bertz CT molecular complexity index is 243. The Hall–Kier alpha value is -0.0800. The van der Waals surface area contributed by atoms with Crippen LogP contribution in [0.4, 0.5) is 0 Å². The Morgan fingerprint density at radius 1 is 0.720 bits per heavy atom. The van der Waals surface area contributed by atoms with E-state index in [-0.39, 0.29) is 0 Å². The highest BCUT2D eigenvalue weighted by Crippen LogP contribution is 2.31. The van der Waals surface area contributed by atoms with Crippen LogP contribution in [0.5, 0.6) is 0 Å². The number of hydrogen-bond donors (Lipinski definition) is 0. The second kappa shape index (κ2) is 17.3. The first kappa shape index (κ1) is 24.9. The van der Waals surface area contributed by atoms with Gasteiger partial charge in [0.2, 0.25) is 0 Å². The molecule has 0 spiro atoms. The van der Waals surface area contributed by atoms with Crippen molar-refractivity contribution in [2.75, 3.05) is 19.8 Å². The van der Waals surface area contributed by atoms with E-state index in [2.05, 4.69) is 41.5 Å². The molecule has 1 heterocycles. The second-order valence-corrected chi connectivity index (χ2v) is 7.90. The molecule has 1 aliphatic carbocycles. The van der Waals surface area contributed by atoms with Gasteiger partial charge in [0.15, 0.2) is 0 Å². The van der Waals surface area contributed by atoms with E-state index in [1.165, 1.54) is 51.4 Å². The summed E-state index contributed by atoms with van der Waals surface area (Å²) in [4.78, 5) is 0. The van der Waals surface area contributed by atoms with Gasteiger partial charge < -0.3 is 9.47 Å². The van der Waals surface area contributed by atoms with E-state index in [1.807, 2.05) is 0 Å². The smallest absolute Gasteiger partial charge is 0.0598 e. The Morgan fingerprint density at radius 3 is 1.44 bits per heavy atom. The molecule has 2 heteroatoms. The van der Waals surface area contributed by atoms with Gasteiger partial charge in [-0.1, -0.05) is 80.1 Å². The van der Waals surface area contributed by atoms with Gasteiger partial charge in [0.05, 0.1) is 6.10 Å². The molecule has 2 fully saturated rings. The van der Waals surface area contributed by atoms with Crippen molar-refractivity contribution < 1.29 is 9.47 Å². The Morgan fingerprint density at radius 2 is 1.20 bits per heavy atom. The molecule has 0 amide bonds. The number of hydrogen-bond acceptors (Lipinski definition) is 2. The maximum atomic E-state index is 5.41. The van der Waals surface area contributed by atoms with Gasteiger partial charge in [0, 0.05) is 19.8 Å². The van der Waals surface area contributed by atoms with Crippen molar-refractivity contribution in [1.82, 2.24) is 0 Å². The average molecular weight is 357 g/mol. The number of ether oxygens (including phenoxy) is 2. The van der Waals surface area contributed by atoms with Crippen LogP contribution in [0, 0.1) is 17.8 Å². The SMILES string of the molecule is CCC1CCC(CC)CC1.CCCOCCC.CC[C@H]1OCC[C@H]1C. The van der Waals surface area contributed by atoms with Gasteiger partial charge in [-0.3, -0.25) is 0 Å². The summed E-state index contributed by atoms with van der Waals surface area (Å²) in [6, 6.07) is 0. The molecule has 0 aromatic rings. The van der Waals surface area contributed by atoms with Crippen molar-refractivity contribution in [2.24, 2.45) is 17.8 Å². The van der Waals surface area contributed by atoms with Gasteiger partial charge >= 0.3 is 0 Å². The van der Waals surface area contributed by atoms with E-state index in [0.29, 0.717) is 6.10 Å². The van der Waals surface area contributed by atoms with E-state index >= 15 is 0 Å². The van der Waals surface area contributed by atoms with Crippen molar-refractivity contribution >= 4 is 0 Å². The van der Waals surface area contributed by atoms with Crippen molar-refractivity contribution in [3.8, 4) is 0 Å². The standard InChI is InChI=1S/C10H20.C7H14O.C6H14O/c1-3-9-5-7-10(4-2)8-6-9;1-3-7-6(2)4-5-8-7;1-3-5-7-6-4-2/h9-10H,3-8H2,1-2H3;6-7H,3-5H2,1-2H3;3-6H2,1-2H3/t;6-,7-;/m.1./s1. The molecule has 0 aromatic heterocycles. The summed E-state index contributed by atoms with van der Waals surface area (Å²) in [7, 11) is 0. The highest BCUT2D eigenvalue weighted by atomic mass is 16.5. The van der Waals surface area contributed by atoms with Crippen LogP contribution >= 0.6 is 0 Å². The molecule has 2 nitrogen and oxygen atoms in total. The van der Waals surface area contributed by atoms with Crippen LogP contribution in [0.1, 0.15) is 106 Å². The fourth-order valence-electron chi connectivity index (χ4n) is 3.71. The molecule has 25 heavy (non-hydrogen) atoms. The molecule has 0 N–H and O–H groups in total. The Kier molecular flexibility index (Phi) is 17.3. The molecule has 1 saturated heterocycles. The van der Waals surface area contributed by atoms with Crippen LogP contribution in [0.15, 0.2) is 0 Å². The first-order valence-electron chi connectivity index (χ1n) is 11.3. The fourth-order valence-corrected chi connectivity index (χ4v) is 3.71. The van der Waals surface area contributed by atoms with Crippen molar-refractivity contribution in [3.05, 3.63) is 0 Å². The summed E-state index contributed by atoms with van der Waals surface area (Å²) < 4.78 is 10.5. The van der Waals surface area contributed by atoms with E-state index in [0.717, 1.165) is 50.4 Å². The third kappa shape index (κ3) is 12.8. The van der Waals surface area contributed by atoms with Gasteiger partial charge in [-0.25, -0.2) is 0 Å². The van der Waals surface area contributed by atoms with E-state index < -0.39 is 0 Å². The maximum Gasteiger partial charge on any atom is 0.0598 e. The lowest BCUT2D eigenvalue weighted by Crippen LogP contribution is -2.12. The minimum Gasteiger partial charge on any atom is -0.381 e. The monoisotopic (exact) mass is 356 g/mol. The van der Waals surface area contributed by atoms with Crippen molar-refractivity contribution in [2.45, 2.75) is 112 Å². The normalized spacial score (nSPS) is 28.6. The molecule has 2 aliphatic rings. The summed E-state index contributed by atoms with van der Waals surface area (Å²) in [6.07, 6.45) is 14.1. The van der Waals surface area contributed by atoms with Crippen LogP contribution in [0.3, 0.4) is 0 Å². The lowest BCUT2D eigenvalue weighted by molar-refractivity contribution is 0.0912. The zero-order chi connectivity index (χ0) is 18.9. The summed E-state index contributed by atoms with van der Waals surface area (Å²) in [5, 5.41) is 0. The largest absolute Gasteiger partial charge is 0.381 e. The van der Waals surface area contributed by atoms with Crippen LogP contribution in [-0.2, 0) is 9.47 Å². The third-order valence-corrected chi connectivity index (χ3v) is 5.76. The predicted molar refractivity (Wildman–Crippen MR) is 111 cm³/mol. The van der Waals surface area contributed by atoms with E-state index in [4.69, 9.17) is 9.47 Å². The third-order valence-electron chi connectivity index (χ3n) is 5.76. The van der Waals surface area contributed by atoms with E-state index in [9.17, 15) is 0 Å². The highest BCUT2D eigenvalue weighted by Gasteiger charge is 2.21. The maximum absolute atomic E-state index is 5.41.